The van der Waals surface area contributed by atoms with Gasteiger partial charge < -0.3 is 25.0 Å². The minimum Gasteiger partial charge on any atom is -0.453 e. The molecule has 2 aliphatic heterocycles. The molecular weight excluding hydrogens is 667 g/mol. The smallest absolute Gasteiger partial charge is 0.407 e. The SMILES string of the molecule is CCc1cc(C#CCNC(=O)OC)ccc1/C(C=[NH+]CC1CCCCO1)=N/NC1CCOC(Cn2cc(Cc3cc(C#CC4CC4)ccc3C)nn2)C1. The Morgan fingerprint density at radius 1 is 1.06 bits per heavy atom. The number of alkyl carbamates (subject to hydrolysis) is 1. The average Bonchev–Trinajstić information content (AvgIpc) is 3.92. The number of benzene rings is 2. The molecule has 3 aromatic rings. The second kappa shape index (κ2) is 19.2. The molecule has 3 heterocycles. The van der Waals surface area contributed by atoms with Gasteiger partial charge in [0.2, 0.25) is 0 Å². The van der Waals surface area contributed by atoms with E-state index in [0.29, 0.717) is 19.1 Å². The number of carbonyl (C=O) groups is 1. The zero-order valence-corrected chi connectivity index (χ0v) is 31.2. The van der Waals surface area contributed by atoms with Crippen molar-refractivity contribution >= 4 is 18.0 Å². The normalized spacial score (nSPS) is 20.2. The standard InChI is InChI=1S/C42H51N7O4/c1-4-34-22-32(8-7-19-44-42(50)51-3)16-17-40(34)41(27-43-26-38-9-5-6-20-52-38)47-45-36-18-21-53-39(25-36)29-49-28-37(46-48-49)24-35-23-33(11-10-30(35)2)15-14-31-12-13-31/h10-11,16-17,22-23,27-28,31,36,38-39,45H,4-6,9,12-13,18-21,24-26,29H2,1-3H3,(H,44,50)/p+1/b43-27?,47-41+. The van der Waals surface area contributed by atoms with E-state index in [1.165, 1.54) is 37.5 Å². The Bertz CT molecular complexity index is 1890. The third-order valence-electron chi connectivity index (χ3n) is 9.79. The number of hydrazone groups is 1. The van der Waals surface area contributed by atoms with Crippen molar-refractivity contribution in [1.29, 1.82) is 0 Å². The highest BCUT2D eigenvalue weighted by Gasteiger charge is 2.24. The highest BCUT2D eigenvalue weighted by Crippen LogP contribution is 2.27. The van der Waals surface area contributed by atoms with Gasteiger partial charge in [-0.1, -0.05) is 48.0 Å². The van der Waals surface area contributed by atoms with E-state index in [1.807, 2.05) is 23.2 Å². The van der Waals surface area contributed by atoms with Crippen LogP contribution in [0.4, 0.5) is 4.79 Å². The number of rotatable bonds is 12. The van der Waals surface area contributed by atoms with E-state index >= 15 is 0 Å². The quantitative estimate of drug-likeness (QED) is 0.149. The molecule has 53 heavy (non-hydrogen) atoms. The minimum absolute atomic E-state index is 0.0134. The van der Waals surface area contributed by atoms with Gasteiger partial charge in [0.15, 0.2) is 18.5 Å². The van der Waals surface area contributed by atoms with Crippen LogP contribution in [0.15, 0.2) is 47.7 Å². The lowest BCUT2D eigenvalue weighted by Gasteiger charge is -2.29. The Balaban J connectivity index is 1.10. The van der Waals surface area contributed by atoms with E-state index in [2.05, 4.69) is 98.6 Å². The van der Waals surface area contributed by atoms with Crippen LogP contribution in [0.5, 0.6) is 0 Å². The summed E-state index contributed by atoms with van der Waals surface area (Å²) in [6, 6.07) is 12.7. The molecule has 278 valence electrons. The summed E-state index contributed by atoms with van der Waals surface area (Å²) in [5, 5.41) is 16.5. The third-order valence-corrected chi connectivity index (χ3v) is 9.79. The summed E-state index contributed by atoms with van der Waals surface area (Å²) < 4.78 is 18.7. The molecule has 2 aromatic carbocycles. The number of amides is 1. The van der Waals surface area contributed by atoms with Crippen molar-refractivity contribution in [3.05, 3.63) is 81.7 Å². The summed E-state index contributed by atoms with van der Waals surface area (Å²) in [4.78, 5) is 14.9. The van der Waals surface area contributed by atoms with Gasteiger partial charge in [-0.25, -0.2) is 14.5 Å². The predicted molar refractivity (Wildman–Crippen MR) is 205 cm³/mol. The van der Waals surface area contributed by atoms with Gasteiger partial charge in [-0.2, -0.15) is 5.10 Å². The zero-order valence-electron chi connectivity index (χ0n) is 31.2. The summed E-state index contributed by atoms with van der Waals surface area (Å²) in [5.41, 5.74) is 11.8. The highest BCUT2D eigenvalue weighted by molar-refractivity contribution is 6.36. The molecule has 3 fully saturated rings. The maximum atomic E-state index is 11.4. The maximum Gasteiger partial charge on any atom is 0.407 e. The van der Waals surface area contributed by atoms with Crippen molar-refractivity contribution in [2.75, 3.05) is 33.4 Å². The molecule has 1 amide bonds. The van der Waals surface area contributed by atoms with E-state index in [1.54, 1.807) is 0 Å². The van der Waals surface area contributed by atoms with Crippen LogP contribution < -0.4 is 15.7 Å². The van der Waals surface area contributed by atoms with Crippen LogP contribution in [0.25, 0.3) is 0 Å². The maximum absolute atomic E-state index is 11.4. The average molecular weight is 719 g/mol. The monoisotopic (exact) mass is 718 g/mol. The van der Waals surface area contributed by atoms with Crippen molar-refractivity contribution < 1.29 is 24.0 Å². The summed E-state index contributed by atoms with van der Waals surface area (Å²) >= 11 is 0. The minimum atomic E-state index is -0.500. The molecule has 1 saturated carbocycles. The van der Waals surface area contributed by atoms with Gasteiger partial charge in [-0.15, -0.1) is 5.10 Å². The number of aryl methyl sites for hydroxylation is 2. The highest BCUT2D eigenvalue weighted by atomic mass is 16.5. The Labute approximate surface area is 313 Å². The number of hydrogen-bond acceptors (Lipinski definition) is 8. The van der Waals surface area contributed by atoms with Crippen molar-refractivity contribution in [3.63, 3.8) is 0 Å². The summed E-state index contributed by atoms with van der Waals surface area (Å²) in [6.07, 6.45) is 12.7. The van der Waals surface area contributed by atoms with Crippen molar-refractivity contribution in [2.24, 2.45) is 11.0 Å². The summed E-state index contributed by atoms with van der Waals surface area (Å²) in [6.45, 7) is 7.29. The fourth-order valence-electron chi connectivity index (χ4n) is 6.53. The first-order valence-corrected chi connectivity index (χ1v) is 19.0. The molecule has 1 aliphatic carbocycles. The second-order valence-electron chi connectivity index (χ2n) is 14.0. The molecule has 11 heteroatoms. The van der Waals surface area contributed by atoms with Gasteiger partial charge in [-0.3, -0.25) is 0 Å². The van der Waals surface area contributed by atoms with Crippen molar-refractivity contribution in [3.8, 4) is 23.7 Å². The van der Waals surface area contributed by atoms with Crippen LogP contribution in [0.2, 0.25) is 0 Å². The number of ether oxygens (including phenoxy) is 3. The molecule has 3 atom stereocenters. The van der Waals surface area contributed by atoms with E-state index in [9.17, 15) is 4.79 Å². The molecule has 2 saturated heterocycles. The molecule has 3 N–H and O–H groups in total. The fourth-order valence-corrected chi connectivity index (χ4v) is 6.53. The molecule has 11 nitrogen and oxygen atoms in total. The molecule has 3 unspecified atom stereocenters. The van der Waals surface area contributed by atoms with Crippen LogP contribution in [0.1, 0.15) is 90.9 Å². The topological polar surface area (TPSA) is 126 Å². The molecule has 0 spiro atoms. The first-order chi connectivity index (χ1) is 25.9. The van der Waals surface area contributed by atoms with Gasteiger partial charge in [0.25, 0.3) is 0 Å². The van der Waals surface area contributed by atoms with Crippen LogP contribution in [0, 0.1) is 36.5 Å². The van der Waals surface area contributed by atoms with E-state index in [4.69, 9.17) is 14.6 Å². The largest absolute Gasteiger partial charge is 0.453 e. The van der Waals surface area contributed by atoms with Crippen molar-refractivity contribution in [1.82, 2.24) is 25.7 Å². The first-order valence-electron chi connectivity index (χ1n) is 19.0. The molecule has 3 aliphatic rings. The Kier molecular flexibility index (Phi) is 13.7. The lowest BCUT2D eigenvalue weighted by atomic mass is 9.98. The molecule has 6 rings (SSSR count). The van der Waals surface area contributed by atoms with Gasteiger partial charge in [0, 0.05) is 54.5 Å². The number of nitrogens with zero attached hydrogens (tertiary/aromatic N) is 4. The van der Waals surface area contributed by atoms with E-state index < -0.39 is 6.09 Å². The Morgan fingerprint density at radius 2 is 1.89 bits per heavy atom. The Morgan fingerprint density at radius 3 is 2.70 bits per heavy atom. The van der Waals surface area contributed by atoms with Crippen LogP contribution in [-0.4, -0.2) is 84.7 Å². The number of carbonyl (C=O) groups excluding carboxylic acids is 1. The fraction of sp³-hybridized carbons (Fsp3) is 0.500. The zero-order chi connectivity index (χ0) is 36.8. The third kappa shape index (κ3) is 11.8. The molecule has 1 aromatic heterocycles. The van der Waals surface area contributed by atoms with Crippen LogP contribution in [0.3, 0.4) is 0 Å². The predicted octanol–water partition coefficient (Wildman–Crippen LogP) is 3.47. The second-order valence-corrected chi connectivity index (χ2v) is 14.0. The Hall–Kier alpha value is -4.97. The van der Waals surface area contributed by atoms with Crippen LogP contribution in [-0.2, 0) is 33.6 Å². The van der Waals surface area contributed by atoms with Crippen molar-refractivity contribution in [2.45, 2.75) is 96.4 Å². The van der Waals surface area contributed by atoms with E-state index in [-0.39, 0.29) is 24.8 Å². The first kappa shape index (κ1) is 37.8. The van der Waals surface area contributed by atoms with Gasteiger partial charge in [0.05, 0.1) is 32.0 Å². The molecular formula is C42H52N7O4+. The number of aromatic nitrogens is 3. The number of hydrogen-bond donors (Lipinski definition) is 3. The lowest BCUT2D eigenvalue weighted by Crippen LogP contribution is -2.73. The van der Waals surface area contributed by atoms with Gasteiger partial charge >= 0.3 is 6.09 Å². The summed E-state index contributed by atoms with van der Waals surface area (Å²) in [5.74, 6) is 13.4. The van der Waals surface area contributed by atoms with Gasteiger partial charge in [0.1, 0.15) is 6.10 Å². The lowest BCUT2D eigenvalue weighted by molar-refractivity contribution is -0.465. The molecule has 0 radical (unpaired) electrons. The van der Waals surface area contributed by atoms with E-state index in [0.717, 1.165) is 85.3 Å². The molecule has 0 bridgehead atoms. The number of methoxy groups -OCH3 is 1. The summed E-state index contributed by atoms with van der Waals surface area (Å²) in [7, 11) is 1.33. The van der Waals surface area contributed by atoms with Crippen LogP contribution >= 0.6 is 0 Å². The number of nitrogens with one attached hydrogen (secondary N) is 3. The van der Waals surface area contributed by atoms with Gasteiger partial charge in [-0.05, 0) is 99.2 Å².